The first-order valence-corrected chi connectivity index (χ1v) is 6.45. The number of unbranched alkanes of at least 4 members (excludes halogenated alkanes) is 6. The molecule has 0 bridgehead atoms. The zero-order valence-corrected chi connectivity index (χ0v) is 11.1. The Morgan fingerprint density at radius 3 is 2.19 bits per heavy atom. The number of ether oxygens (including phenoxy) is 1. The largest absolute Gasteiger partial charge is 0.466 e. The SMILES string of the molecule is CCCCCCCCCC(C)=CC(=O)OC. The van der Waals surface area contributed by atoms with Gasteiger partial charge in [-0.15, -0.1) is 0 Å². The first kappa shape index (κ1) is 15.2. The first-order valence-electron chi connectivity index (χ1n) is 6.45. The van der Waals surface area contributed by atoms with Gasteiger partial charge < -0.3 is 4.74 Å². The van der Waals surface area contributed by atoms with Gasteiger partial charge in [0.15, 0.2) is 0 Å². The summed E-state index contributed by atoms with van der Waals surface area (Å²) in [6, 6.07) is 0. The summed E-state index contributed by atoms with van der Waals surface area (Å²) in [4.78, 5) is 10.9. The molecule has 0 spiro atoms. The van der Waals surface area contributed by atoms with Gasteiger partial charge in [0.1, 0.15) is 0 Å². The fraction of sp³-hybridized carbons (Fsp3) is 0.786. The molecule has 0 N–H and O–H groups in total. The predicted molar refractivity (Wildman–Crippen MR) is 68.4 cm³/mol. The topological polar surface area (TPSA) is 26.3 Å². The molecule has 2 nitrogen and oxygen atoms in total. The molecule has 0 aromatic heterocycles. The Labute approximate surface area is 100 Å². The summed E-state index contributed by atoms with van der Waals surface area (Å²) in [6.45, 7) is 4.23. The number of carbonyl (C=O) groups is 1. The molecule has 0 saturated heterocycles. The van der Waals surface area contributed by atoms with Crippen molar-refractivity contribution in [2.24, 2.45) is 0 Å². The molecule has 0 saturated carbocycles. The lowest BCUT2D eigenvalue weighted by Gasteiger charge is -2.02. The average Bonchev–Trinajstić information content (AvgIpc) is 2.27. The monoisotopic (exact) mass is 226 g/mol. The second-order valence-corrected chi connectivity index (χ2v) is 4.39. The molecule has 0 radical (unpaired) electrons. The smallest absolute Gasteiger partial charge is 0.330 e. The van der Waals surface area contributed by atoms with Crippen molar-refractivity contribution in [1.29, 1.82) is 0 Å². The van der Waals surface area contributed by atoms with Crippen LogP contribution in [0.5, 0.6) is 0 Å². The standard InChI is InChI=1S/C14H26O2/c1-4-5-6-7-8-9-10-11-13(2)12-14(15)16-3/h12H,4-11H2,1-3H3. The van der Waals surface area contributed by atoms with Crippen molar-refractivity contribution in [2.45, 2.75) is 65.2 Å². The molecule has 0 aromatic carbocycles. The molecule has 0 amide bonds. The molecule has 0 unspecified atom stereocenters. The van der Waals surface area contributed by atoms with Gasteiger partial charge >= 0.3 is 5.97 Å². The van der Waals surface area contributed by atoms with Crippen LogP contribution in [-0.2, 0) is 9.53 Å². The lowest BCUT2D eigenvalue weighted by Crippen LogP contribution is -1.95. The van der Waals surface area contributed by atoms with E-state index in [2.05, 4.69) is 11.7 Å². The van der Waals surface area contributed by atoms with Gasteiger partial charge in [0.05, 0.1) is 7.11 Å². The summed E-state index contributed by atoms with van der Waals surface area (Å²) in [5, 5.41) is 0. The van der Waals surface area contributed by atoms with E-state index < -0.39 is 0 Å². The normalized spacial score (nSPS) is 11.6. The molecule has 0 aliphatic heterocycles. The zero-order chi connectivity index (χ0) is 12.2. The zero-order valence-electron chi connectivity index (χ0n) is 11.1. The Kier molecular flexibility index (Phi) is 10.2. The van der Waals surface area contributed by atoms with E-state index >= 15 is 0 Å². The third-order valence-corrected chi connectivity index (χ3v) is 2.74. The summed E-state index contributed by atoms with van der Waals surface area (Å²) in [6.07, 6.45) is 11.8. The van der Waals surface area contributed by atoms with Crippen molar-refractivity contribution in [3.8, 4) is 0 Å². The highest BCUT2D eigenvalue weighted by atomic mass is 16.5. The van der Waals surface area contributed by atoms with Crippen LogP contribution >= 0.6 is 0 Å². The van der Waals surface area contributed by atoms with Gasteiger partial charge in [0.25, 0.3) is 0 Å². The van der Waals surface area contributed by atoms with E-state index in [0.29, 0.717) is 0 Å². The molecule has 16 heavy (non-hydrogen) atoms. The van der Waals surface area contributed by atoms with Crippen LogP contribution in [0.25, 0.3) is 0 Å². The van der Waals surface area contributed by atoms with Gasteiger partial charge in [-0.25, -0.2) is 4.79 Å². The molecule has 2 heteroatoms. The van der Waals surface area contributed by atoms with Crippen LogP contribution < -0.4 is 0 Å². The minimum absolute atomic E-state index is 0.236. The molecule has 0 aromatic rings. The molecular weight excluding hydrogens is 200 g/mol. The van der Waals surface area contributed by atoms with E-state index in [-0.39, 0.29) is 5.97 Å². The Morgan fingerprint density at radius 2 is 1.62 bits per heavy atom. The third-order valence-electron chi connectivity index (χ3n) is 2.74. The number of hydrogen-bond acceptors (Lipinski definition) is 2. The van der Waals surface area contributed by atoms with Crippen molar-refractivity contribution in [3.63, 3.8) is 0 Å². The van der Waals surface area contributed by atoms with Gasteiger partial charge in [-0.1, -0.05) is 51.0 Å². The molecule has 0 aliphatic carbocycles. The van der Waals surface area contributed by atoms with Crippen LogP contribution in [0.2, 0.25) is 0 Å². The number of allylic oxidation sites excluding steroid dienone is 1. The summed E-state index contributed by atoms with van der Waals surface area (Å²) in [7, 11) is 1.42. The number of hydrogen-bond donors (Lipinski definition) is 0. The van der Waals surface area contributed by atoms with Gasteiger partial charge in [-0.05, 0) is 19.8 Å². The molecule has 0 heterocycles. The molecule has 94 valence electrons. The average molecular weight is 226 g/mol. The Hall–Kier alpha value is -0.790. The molecule has 0 rings (SSSR count). The fourth-order valence-electron chi connectivity index (χ4n) is 1.69. The Bertz CT molecular complexity index is 207. The van der Waals surface area contributed by atoms with E-state index in [1.54, 1.807) is 6.08 Å². The van der Waals surface area contributed by atoms with Crippen LogP contribution in [0.3, 0.4) is 0 Å². The number of carbonyl (C=O) groups excluding carboxylic acids is 1. The third kappa shape index (κ3) is 9.75. The minimum atomic E-state index is -0.236. The van der Waals surface area contributed by atoms with E-state index in [1.165, 1.54) is 52.1 Å². The van der Waals surface area contributed by atoms with Gasteiger partial charge in [-0.2, -0.15) is 0 Å². The highest BCUT2D eigenvalue weighted by molar-refractivity contribution is 5.82. The van der Waals surface area contributed by atoms with Crippen LogP contribution in [0.4, 0.5) is 0 Å². The highest BCUT2D eigenvalue weighted by Gasteiger charge is 1.97. The summed E-state index contributed by atoms with van der Waals surface area (Å²) in [5.41, 5.74) is 1.13. The van der Waals surface area contributed by atoms with Gasteiger partial charge in [0, 0.05) is 6.08 Å². The second-order valence-electron chi connectivity index (χ2n) is 4.39. The van der Waals surface area contributed by atoms with Crippen LogP contribution in [0.15, 0.2) is 11.6 Å². The van der Waals surface area contributed by atoms with Gasteiger partial charge in [0.2, 0.25) is 0 Å². The molecule has 0 fully saturated rings. The maximum absolute atomic E-state index is 10.9. The van der Waals surface area contributed by atoms with E-state index in [0.717, 1.165) is 12.0 Å². The van der Waals surface area contributed by atoms with Crippen LogP contribution in [0.1, 0.15) is 65.2 Å². The summed E-state index contributed by atoms with van der Waals surface area (Å²) >= 11 is 0. The van der Waals surface area contributed by atoms with E-state index in [9.17, 15) is 4.79 Å². The van der Waals surface area contributed by atoms with Crippen molar-refractivity contribution in [1.82, 2.24) is 0 Å². The van der Waals surface area contributed by atoms with Crippen LogP contribution in [-0.4, -0.2) is 13.1 Å². The first-order chi connectivity index (χ1) is 7.70. The Balaban J connectivity index is 3.37. The molecule has 0 aliphatic rings. The second kappa shape index (κ2) is 10.7. The quantitative estimate of drug-likeness (QED) is 0.334. The predicted octanol–water partition coefficient (Wildman–Crippen LogP) is 4.25. The van der Waals surface area contributed by atoms with Crippen molar-refractivity contribution in [2.75, 3.05) is 7.11 Å². The molecule has 0 atom stereocenters. The van der Waals surface area contributed by atoms with Crippen molar-refractivity contribution in [3.05, 3.63) is 11.6 Å². The number of methoxy groups -OCH3 is 1. The molecular formula is C14H26O2. The summed E-state index contributed by atoms with van der Waals surface area (Å²) in [5.74, 6) is -0.236. The lowest BCUT2D eigenvalue weighted by atomic mass is 10.1. The highest BCUT2D eigenvalue weighted by Crippen LogP contribution is 2.11. The lowest BCUT2D eigenvalue weighted by molar-refractivity contribution is -0.134. The van der Waals surface area contributed by atoms with E-state index in [4.69, 9.17) is 0 Å². The number of esters is 1. The maximum Gasteiger partial charge on any atom is 0.330 e. The number of rotatable bonds is 9. The fourth-order valence-corrected chi connectivity index (χ4v) is 1.69. The summed E-state index contributed by atoms with van der Waals surface area (Å²) < 4.78 is 4.58. The van der Waals surface area contributed by atoms with Crippen molar-refractivity contribution >= 4 is 5.97 Å². The minimum Gasteiger partial charge on any atom is -0.466 e. The van der Waals surface area contributed by atoms with E-state index in [1.807, 2.05) is 6.92 Å². The maximum atomic E-state index is 10.9. The van der Waals surface area contributed by atoms with Crippen molar-refractivity contribution < 1.29 is 9.53 Å². The van der Waals surface area contributed by atoms with Crippen LogP contribution in [0, 0.1) is 0 Å². The van der Waals surface area contributed by atoms with Gasteiger partial charge in [-0.3, -0.25) is 0 Å². The Morgan fingerprint density at radius 1 is 1.06 bits per heavy atom.